The Bertz CT molecular complexity index is 938. The lowest BCUT2D eigenvalue weighted by molar-refractivity contribution is -0.137. The second kappa shape index (κ2) is 8.15. The fourth-order valence-corrected chi connectivity index (χ4v) is 4.30. The molecule has 2 heterocycles. The van der Waals surface area contributed by atoms with Crippen LogP contribution in [0.4, 0.5) is 24.5 Å². The summed E-state index contributed by atoms with van der Waals surface area (Å²) in [5.74, 6) is 1.41. The van der Waals surface area contributed by atoms with Crippen LogP contribution in [0.1, 0.15) is 25.0 Å². The summed E-state index contributed by atoms with van der Waals surface area (Å²) in [6, 6.07) is 9.48. The zero-order valence-electron chi connectivity index (χ0n) is 17.8. The molecule has 168 valence electrons. The number of piperazine rings is 1. The minimum Gasteiger partial charge on any atom is -0.488 e. The minimum atomic E-state index is -4.35. The molecule has 0 amide bonds. The molecule has 0 radical (unpaired) electrons. The highest BCUT2D eigenvalue weighted by atomic mass is 19.4. The van der Waals surface area contributed by atoms with Crippen LogP contribution in [0.2, 0.25) is 0 Å². The van der Waals surface area contributed by atoms with Crippen LogP contribution in [0.25, 0.3) is 0 Å². The highest BCUT2D eigenvalue weighted by molar-refractivity contribution is 5.59. The van der Waals surface area contributed by atoms with Gasteiger partial charge in [0.1, 0.15) is 12.2 Å². The van der Waals surface area contributed by atoms with Gasteiger partial charge in [-0.15, -0.1) is 0 Å². The first-order valence-electron chi connectivity index (χ1n) is 10.5. The predicted molar refractivity (Wildman–Crippen MR) is 115 cm³/mol. The maximum Gasteiger partial charge on any atom is 0.418 e. The first-order valence-corrected chi connectivity index (χ1v) is 10.5. The van der Waals surface area contributed by atoms with E-state index in [0.717, 1.165) is 23.8 Å². The maximum absolute atomic E-state index is 13.3. The van der Waals surface area contributed by atoms with Gasteiger partial charge in [-0.05, 0) is 32.0 Å². The van der Waals surface area contributed by atoms with E-state index in [4.69, 9.17) is 15.2 Å². The zero-order valence-corrected chi connectivity index (χ0v) is 17.8. The van der Waals surface area contributed by atoms with E-state index in [9.17, 15) is 13.2 Å². The number of hydrogen-bond acceptors (Lipinski definition) is 5. The SMILES string of the molecule is CC1(C)Cc2cc(N)cc(OCCN3CCN(c4ccccc4C(F)(F)F)CC3)c2O1. The molecule has 0 bridgehead atoms. The van der Waals surface area contributed by atoms with Crippen molar-refractivity contribution in [3.05, 3.63) is 47.5 Å². The first kappa shape index (κ1) is 21.6. The van der Waals surface area contributed by atoms with Crippen LogP contribution < -0.4 is 20.1 Å². The molecular formula is C23H28F3N3O2. The molecule has 0 unspecified atom stereocenters. The van der Waals surface area contributed by atoms with Crippen molar-refractivity contribution in [2.75, 3.05) is 50.0 Å². The van der Waals surface area contributed by atoms with Crippen LogP contribution in [0.3, 0.4) is 0 Å². The van der Waals surface area contributed by atoms with E-state index in [1.165, 1.54) is 6.07 Å². The van der Waals surface area contributed by atoms with Gasteiger partial charge in [0.05, 0.1) is 5.56 Å². The number of halogens is 3. The number of nitrogen functional groups attached to an aromatic ring is 1. The van der Waals surface area contributed by atoms with Gasteiger partial charge < -0.3 is 20.1 Å². The summed E-state index contributed by atoms with van der Waals surface area (Å²) < 4.78 is 51.9. The van der Waals surface area contributed by atoms with Gasteiger partial charge in [0.15, 0.2) is 11.5 Å². The van der Waals surface area contributed by atoms with Crippen molar-refractivity contribution in [2.24, 2.45) is 0 Å². The lowest BCUT2D eigenvalue weighted by Crippen LogP contribution is -2.48. The van der Waals surface area contributed by atoms with Gasteiger partial charge in [0.25, 0.3) is 0 Å². The van der Waals surface area contributed by atoms with E-state index in [1.807, 2.05) is 19.9 Å². The fraction of sp³-hybridized carbons (Fsp3) is 0.478. The van der Waals surface area contributed by atoms with Crippen molar-refractivity contribution >= 4 is 11.4 Å². The van der Waals surface area contributed by atoms with E-state index < -0.39 is 11.7 Å². The van der Waals surface area contributed by atoms with Crippen molar-refractivity contribution in [3.8, 4) is 11.5 Å². The second-order valence-electron chi connectivity index (χ2n) is 8.74. The Morgan fingerprint density at radius 3 is 2.52 bits per heavy atom. The molecule has 2 N–H and O–H groups in total. The molecule has 2 aliphatic heterocycles. The van der Waals surface area contributed by atoms with Gasteiger partial charge in [-0.25, -0.2) is 0 Å². The summed E-state index contributed by atoms with van der Waals surface area (Å²) in [6.07, 6.45) is -3.57. The minimum absolute atomic E-state index is 0.251. The van der Waals surface area contributed by atoms with Gasteiger partial charge >= 0.3 is 6.18 Å². The maximum atomic E-state index is 13.3. The Hall–Kier alpha value is -2.61. The van der Waals surface area contributed by atoms with Gasteiger partial charge in [0.2, 0.25) is 0 Å². The molecule has 8 heteroatoms. The largest absolute Gasteiger partial charge is 0.488 e. The Morgan fingerprint density at radius 2 is 1.81 bits per heavy atom. The Labute approximate surface area is 180 Å². The molecule has 5 nitrogen and oxygen atoms in total. The number of nitrogens with two attached hydrogens (primary N) is 1. The van der Waals surface area contributed by atoms with Crippen LogP contribution in [0.5, 0.6) is 11.5 Å². The predicted octanol–water partition coefficient (Wildman–Crippen LogP) is 4.20. The summed E-state index contributed by atoms with van der Waals surface area (Å²) in [4.78, 5) is 4.00. The average molecular weight is 435 g/mol. The smallest absolute Gasteiger partial charge is 0.418 e. The van der Waals surface area contributed by atoms with E-state index in [1.54, 1.807) is 23.1 Å². The number of fused-ring (bicyclic) bond motifs is 1. The van der Waals surface area contributed by atoms with E-state index in [0.29, 0.717) is 50.8 Å². The molecule has 2 aromatic carbocycles. The fourth-order valence-electron chi connectivity index (χ4n) is 4.30. The molecule has 0 aliphatic carbocycles. The third-order valence-corrected chi connectivity index (χ3v) is 5.74. The van der Waals surface area contributed by atoms with Gasteiger partial charge in [-0.2, -0.15) is 13.2 Å². The van der Waals surface area contributed by atoms with E-state index in [-0.39, 0.29) is 11.3 Å². The third kappa shape index (κ3) is 4.84. The number of rotatable bonds is 5. The number of ether oxygens (including phenoxy) is 2. The molecule has 0 atom stereocenters. The number of hydrogen-bond donors (Lipinski definition) is 1. The number of alkyl halides is 3. The molecule has 1 fully saturated rings. The van der Waals surface area contributed by atoms with E-state index >= 15 is 0 Å². The summed E-state index contributed by atoms with van der Waals surface area (Å²) in [5.41, 5.74) is 7.11. The van der Waals surface area contributed by atoms with Crippen molar-refractivity contribution in [1.82, 2.24) is 4.90 Å². The first-order chi connectivity index (χ1) is 14.6. The van der Waals surface area contributed by atoms with Gasteiger partial charge in [-0.3, -0.25) is 4.90 Å². The van der Waals surface area contributed by atoms with Crippen molar-refractivity contribution in [2.45, 2.75) is 32.0 Å². The lowest BCUT2D eigenvalue weighted by Gasteiger charge is -2.37. The number of benzene rings is 2. The highest BCUT2D eigenvalue weighted by Gasteiger charge is 2.35. The Kier molecular flexibility index (Phi) is 5.68. The van der Waals surface area contributed by atoms with Crippen molar-refractivity contribution < 1.29 is 22.6 Å². The van der Waals surface area contributed by atoms with Crippen LogP contribution in [0, 0.1) is 0 Å². The van der Waals surface area contributed by atoms with Crippen LogP contribution in [-0.4, -0.2) is 49.8 Å². The van der Waals surface area contributed by atoms with E-state index in [2.05, 4.69) is 4.90 Å². The summed E-state index contributed by atoms with van der Waals surface area (Å²) >= 11 is 0. The Balaban J connectivity index is 1.32. The molecular weight excluding hydrogens is 407 g/mol. The zero-order chi connectivity index (χ0) is 22.2. The van der Waals surface area contributed by atoms with Gasteiger partial charge in [0, 0.05) is 62.1 Å². The molecule has 2 aromatic rings. The second-order valence-corrected chi connectivity index (χ2v) is 8.74. The monoisotopic (exact) mass is 435 g/mol. The molecule has 31 heavy (non-hydrogen) atoms. The topological polar surface area (TPSA) is 51.0 Å². The number of nitrogens with zero attached hydrogens (tertiary/aromatic N) is 2. The summed E-state index contributed by atoms with van der Waals surface area (Å²) in [6.45, 7) is 7.63. The molecule has 4 rings (SSSR count). The van der Waals surface area contributed by atoms with Crippen molar-refractivity contribution in [3.63, 3.8) is 0 Å². The quantitative estimate of drug-likeness (QED) is 0.714. The number of para-hydroxylation sites is 1. The molecule has 0 aromatic heterocycles. The van der Waals surface area contributed by atoms with Crippen LogP contribution in [-0.2, 0) is 12.6 Å². The molecule has 0 spiro atoms. The molecule has 0 saturated carbocycles. The number of anilines is 2. The van der Waals surface area contributed by atoms with Crippen LogP contribution in [0.15, 0.2) is 36.4 Å². The van der Waals surface area contributed by atoms with Crippen LogP contribution >= 0.6 is 0 Å². The Morgan fingerprint density at radius 1 is 1.10 bits per heavy atom. The highest BCUT2D eigenvalue weighted by Crippen LogP contribution is 2.43. The van der Waals surface area contributed by atoms with Crippen molar-refractivity contribution in [1.29, 1.82) is 0 Å². The normalized spacial score (nSPS) is 18.5. The average Bonchev–Trinajstić information content (AvgIpc) is 3.02. The molecule has 2 aliphatic rings. The summed E-state index contributed by atoms with van der Waals surface area (Å²) in [7, 11) is 0. The van der Waals surface area contributed by atoms with Gasteiger partial charge in [-0.1, -0.05) is 12.1 Å². The molecule has 1 saturated heterocycles. The standard InChI is InChI=1S/C23H28F3N3O2/c1-22(2)15-16-13-17(27)14-20(21(16)31-22)30-12-11-28-7-9-29(10-8-28)19-6-4-3-5-18(19)23(24,25)26/h3-6,13-14H,7-12,15,27H2,1-2H3. The summed E-state index contributed by atoms with van der Waals surface area (Å²) in [5, 5.41) is 0. The lowest BCUT2D eigenvalue weighted by atomic mass is 10.0. The third-order valence-electron chi connectivity index (χ3n) is 5.74.